The first-order valence-corrected chi connectivity index (χ1v) is 6.82. The Morgan fingerprint density at radius 2 is 1.83 bits per heavy atom. The van der Waals surface area contributed by atoms with Crippen molar-refractivity contribution in [3.63, 3.8) is 0 Å². The number of nitro benzene ring substituents is 1. The van der Waals surface area contributed by atoms with E-state index in [0.717, 1.165) is 12.1 Å². The molecule has 0 aliphatic carbocycles. The molecule has 0 radical (unpaired) electrons. The number of anilines is 2. The quantitative estimate of drug-likeness (QED) is 0.539. The van der Waals surface area contributed by atoms with Crippen molar-refractivity contribution in [2.45, 2.75) is 6.54 Å². The summed E-state index contributed by atoms with van der Waals surface area (Å²) in [6, 6.07) is 7.68. The number of halogens is 2. The maximum Gasteiger partial charge on any atom is 0.271 e. The van der Waals surface area contributed by atoms with E-state index < -0.39 is 16.6 Å². The Hall–Kier alpha value is -2.74. The highest BCUT2D eigenvalue weighted by molar-refractivity contribution is 5.72. The predicted octanol–water partition coefficient (Wildman–Crippen LogP) is 2.89. The minimum atomic E-state index is -0.957. The van der Waals surface area contributed by atoms with Gasteiger partial charge in [-0.15, -0.1) is 0 Å². The van der Waals surface area contributed by atoms with Gasteiger partial charge >= 0.3 is 0 Å². The smallest absolute Gasteiger partial charge is 0.271 e. The fourth-order valence-corrected chi connectivity index (χ4v) is 1.98. The van der Waals surface area contributed by atoms with Crippen molar-refractivity contribution < 1.29 is 18.8 Å². The number of benzene rings is 2. The SMILES string of the molecule is O=[N+]([O-])c1ccc(NCCO)c(NCc2ccc(F)c(F)c2)c1. The molecular weight excluding hydrogens is 308 g/mol. The molecule has 0 spiro atoms. The number of nitrogens with zero attached hydrogens (tertiary/aromatic N) is 1. The number of nitrogens with one attached hydrogen (secondary N) is 2. The number of hydrogen-bond acceptors (Lipinski definition) is 5. The number of nitro groups is 1. The van der Waals surface area contributed by atoms with E-state index in [4.69, 9.17) is 5.11 Å². The van der Waals surface area contributed by atoms with E-state index >= 15 is 0 Å². The number of hydrogen-bond donors (Lipinski definition) is 3. The highest BCUT2D eigenvalue weighted by Gasteiger charge is 2.11. The lowest BCUT2D eigenvalue weighted by atomic mass is 10.2. The third kappa shape index (κ3) is 4.36. The van der Waals surface area contributed by atoms with E-state index in [1.54, 1.807) is 0 Å². The Morgan fingerprint density at radius 1 is 1.04 bits per heavy atom. The van der Waals surface area contributed by atoms with Gasteiger partial charge in [0.25, 0.3) is 5.69 Å². The van der Waals surface area contributed by atoms with Gasteiger partial charge in [0.1, 0.15) is 0 Å². The zero-order valence-electron chi connectivity index (χ0n) is 12.1. The molecule has 2 rings (SSSR count). The molecule has 0 aromatic heterocycles. The average Bonchev–Trinajstić information content (AvgIpc) is 2.54. The molecule has 0 saturated heterocycles. The van der Waals surface area contributed by atoms with Gasteiger partial charge in [0.2, 0.25) is 0 Å². The zero-order chi connectivity index (χ0) is 16.8. The van der Waals surface area contributed by atoms with Gasteiger partial charge < -0.3 is 15.7 Å². The number of aliphatic hydroxyl groups is 1. The van der Waals surface area contributed by atoms with Crippen molar-refractivity contribution in [1.82, 2.24) is 0 Å². The van der Waals surface area contributed by atoms with Crippen LogP contribution in [-0.2, 0) is 6.54 Å². The third-order valence-electron chi connectivity index (χ3n) is 3.11. The average molecular weight is 323 g/mol. The van der Waals surface area contributed by atoms with Crippen molar-refractivity contribution in [2.24, 2.45) is 0 Å². The second-order valence-corrected chi connectivity index (χ2v) is 4.74. The van der Waals surface area contributed by atoms with Crippen LogP contribution in [0.4, 0.5) is 25.8 Å². The van der Waals surface area contributed by atoms with Crippen LogP contribution in [0.1, 0.15) is 5.56 Å². The zero-order valence-corrected chi connectivity index (χ0v) is 12.1. The lowest BCUT2D eigenvalue weighted by Crippen LogP contribution is -2.09. The summed E-state index contributed by atoms with van der Waals surface area (Å²) >= 11 is 0. The molecule has 122 valence electrons. The normalized spacial score (nSPS) is 10.4. The van der Waals surface area contributed by atoms with Crippen LogP contribution in [0.15, 0.2) is 36.4 Å². The summed E-state index contributed by atoms with van der Waals surface area (Å²) in [5.74, 6) is -1.89. The number of aliphatic hydroxyl groups excluding tert-OH is 1. The van der Waals surface area contributed by atoms with Crippen LogP contribution in [0.3, 0.4) is 0 Å². The fourth-order valence-electron chi connectivity index (χ4n) is 1.98. The molecule has 0 fully saturated rings. The van der Waals surface area contributed by atoms with Gasteiger partial charge in [-0.2, -0.15) is 0 Å². The first kappa shape index (κ1) is 16.6. The Balaban J connectivity index is 2.19. The van der Waals surface area contributed by atoms with Crippen LogP contribution in [-0.4, -0.2) is 23.2 Å². The van der Waals surface area contributed by atoms with Crippen LogP contribution < -0.4 is 10.6 Å². The van der Waals surface area contributed by atoms with Crippen LogP contribution in [0.2, 0.25) is 0 Å². The van der Waals surface area contributed by atoms with Gasteiger partial charge in [-0.1, -0.05) is 6.07 Å². The van der Waals surface area contributed by atoms with Crippen molar-refractivity contribution in [2.75, 3.05) is 23.8 Å². The Bertz CT molecular complexity index is 710. The molecular formula is C15H15F2N3O3. The van der Waals surface area contributed by atoms with Gasteiger partial charge in [-0.25, -0.2) is 8.78 Å². The van der Waals surface area contributed by atoms with Gasteiger partial charge in [-0.3, -0.25) is 10.1 Å². The maximum absolute atomic E-state index is 13.2. The summed E-state index contributed by atoms with van der Waals surface area (Å²) in [7, 11) is 0. The van der Waals surface area contributed by atoms with Crippen molar-refractivity contribution in [3.8, 4) is 0 Å². The highest BCUT2D eigenvalue weighted by Crippen LogP contribution is 2.27. The maximum atomic E-state index is 13.2. The molecule has 0 aliphatic heterocycles. The lowest BCUT2D eigenvalue weighted by Gasteiger charge is -2.13. The summed E-state index contributed by atoms with van der Waals surface area (Å²) in [6.07, 6.45) is 0. The monoisotopic (exact) mass is 323 g/mol. The third-order valence-corrected chi connectivity index (χ3v) is 3.11. The molecule has 6 nitrogen and oxygen atoms in total. The number of rotatable bonds is 7. The van der Waals surface area contributed by atoms with Gasteiger partial charge in [0.15, 0.2) is 11.6 Å². The van der Waals surface area contributed by atoms with E-state index in [1.165, 1.54) is 24.3 Å². The van der Waals surface area contributed by atoms with Crippen molar-refractivity contribution in [1.29, 1.82) is 0 Å². The molecule has 3 N–H and O–H groups in total. The van der Waals surface area contributed by atoms with Crippen LogP contribution >= 0.6 is 0 Å². The van der Waals surface area contributed by atoms with Gasteiger partial charge in [0.05, 0.1) is 22.9 Å². The molecule has 0 heterocycles. The van der Waals surface area contributed by atoms with Crippen LogP contribution in [0.25, 0.3) is 0 Å². The summed E-state index contributed by atoms with van der Waals surface area (Å²) in [5, 5.41) is 25.6. The molecule has 8 heteroatoms. The summed E-state index contributed by atoms with van der Waals surface area (Å²) in [6.45, 7) is 0.337. The predicted molar refractivity (Wildman–Crippen MR) is 82.4 cm³/mol. The van der Waals surface area contributed by atoms with Gasteiger partial charge in [-0.05, 0) is 23.8 Å². The molecule has 2 aromatic carbocycles. The molecule has 0 saturated carbocycles. The van der Waals surface area contributed by atoms with Gasteiger partial charge in [0, 0.05) is 25.2 Å². The second kappa shape index (κ2) is 7.50. The largest absolute Gasteiger partial charge is 0.395 e. The lowest BCUT2D eigenvalue weighted by molar-refractivity contribution is -0.384. The van der Waals surface area contributed by atoms with Crippen LogP contribution in [0, 0.1) is 21.7 Å². The Labute approximate surface area is 130 Å². The van der Waals surface area contributed by atoms with Crippen LogP contribution in [0.5, 0.6) is 0 Å². The van der Waals surface area contributed by atoms with E-state index in [0.29, 0.717) is 16.9 Å². The Morgan fingerprint density at radius 3 is 2.48 bits per heavy atom. The molecule has 23 heavy (non-hydrogen) atoms. The highest BCUT2D eigenvalue weighted by atomic mass is 19.2. The van der Waals surface area contributed by atoms with Crippen molar-refractivity contribution in [3.05, 3.63) is 63.7 Å². The van der Waals surface area contributed by atoms with E-state index in [2.05, 4.69) is 10.6 Å². The standard InChI is InChI=1S/C15H15F2N3O3/c16-12-3-1-10(7-13(12)17)9-19-15-8-11(20(22)23)2-4-14(15)18-5-6-21/h1-4,7-8,18-19,21H,5-6,9H2. The molecule has 0 bridgehead atoms. The van der Waals surface area contributed by atoms with Crippen molar-refractivity contribution >= 4 is 17.1 Å². The minimum Gasteiger partial charge on any atom is -0.395 e. The minimum absolute atomic E-state index is 0.0976. The first-order valence-electron chi connectivity index (χ1n) is 6.82. The molecule has 0 amide bonds. The summed E-state index contributed by atoms with van der Waals surface area (Å²) in [4.78, 5) is 10.3. The number of non-ortho nitro benzene ring substituents is 1. The van der Waals surface area contributed by atoms with E-state index in [9.17, 15) is 18.9 Å². The summed E-state index contributed by atoms with van der Waals surface area (Å²) in [5.41, 5.74) is 1.38. The first-order chi connectivity index (χ1) is 11.0. The Kier molecular flexibility index (Phi) is 5.42. The topological polar surface area (TPSA) is 87.4 Å². The van der Waals surface area contributed by atoms with E-state index in [-0.39, 0.29) is 25.4 Å². The fraction of sp³-hybridized carbons (Fsp3) is 0.200. The molecule has 0 unspecified atom stereocenters. The molecule has 0 atom stereocenters. The second-order valence-electron chi connectivity index (χ2n) is 4.74. The molecule has 0 aliphatic rings. The molecule has 2 aromatic rings. The van der Waals surface area contributed by atoms with E-state index in [1.807, 2.05) is 0 Å². The summed E-state index contributed by atoms with van der Waals surface area (Å²) < 4.78 is 26.1.